The van der Waals surface area contributed by atoms with Crippen molar-refractivity contribution in [2.75, 3.05) is 13.1 Å². The van der Waals surface area contributed by atoms with Gasteiger partial charge in [-0.3, -0.25) is 19.5 Å². The monoisotopic (exact) mass is 349 g/mol. The minimum atomic E-state index is -0.0255. The van der Waals surface area contributed by atoms with E-state index in [1.807, 2.05) is 23.1 Å². The van der Waals surface area contributed by atoms with Crippen LogP contribution in [-0.4, -0.2) is 45.6 Å². The molecule has 26 heavy (non-hydrogen) atoms. The Balaban J connectivity index is 1.47. The molecule has 2 atom stereocenters. The van der Waals surface area contributed by atoms with Gasteiger partial charge in [-0.1, -0.05) is 30.3 Å². The summed E-state index contributed by atoms with van der Waals surface area (Å²) in [6.07, 6.45) is 6.02. The summed E-state index contributed by atoms with van der Waals surface area (Å²) in [6.45, 7) is 1.79. The zero-order valence-corrected chi connectivity index (χ0v) is 14.8. The largest absolute Gasteiger partial charge is 0.321 e. The average molecular weight is 349 g/mol. The van der Waals surface area contributed by atoms with Gasteiger partial charge in [0.2, 0.25) is 5.91 Å². The van der Waals surface area contributed by atoms with E-state index in [1.165, 1.54) is 6.42 Å². The predicted octanol–water partition coefficient (Wildman–Crippen LogP) is 3.05. The fraction of sp³-hybridized carbons (Fsp3) is 0.381. The molecule has 134 valence electrons. The van der Waals surface area contributed by atoms with Crippen LogP contribution in [0.4, 0.5) is 0 Å². The fourth-order valence-electron chi connectivity index (χ4n) is 4.15. The number of carbonyl (C=O) groups excluding carboxylic acids is 2. The van der Waals surface area contributed by atoms with E-state index in [0.29, 0.717) is 11.6 Å². The Morgan fingerprint density at radius 1 is 1.08 bits per heavy atom. The van der Waals surface area contributed by atoms with Crippen LogP contribution in [0.15, 0.2) is 54.9 Å². The van der Waals surface area contributed by atoms with Gasteiger partial charge in [0, 0.05) is 49.9 Å². The number of aromatic nitrogens is 1. The number of hydrogen-bond acceptors (Lipinski definition) is 4. The molecule has 2 aliphatic heterocycles. The summed E-state index contributed by atoms with van der Waals surface area (Å²) in [7, 11) is 0. The average Bonchev–Trinajstić information content (AvgIpc) is 3.28. The predicted molar refractivity (Wildman–Crippen MR) is 98.4 cm³/mol. The van der Waals surface area contributed by atoms with Crippen molar-refractivity contribution in [3.05, 3.63) is 66.0 Å². The molecule has 0 saturated carbocycles. The summed E-state index contributed by atoms with van der Waals surface area (Å²) in [4.78, 5) is 33.6. The maximum absolute atomic E-state index is 12.9. The quantitative estimate of drug-likeness (QED) is 0.779. The lowest BCUT2D eigenvalue weighted by atomic mass is 10.1. The van der Waals surface area contributed by atoms with E-state index in [9.17, 15) is 9.59 Å². The molecule has 4 rings (SSSR count). The number of benzene rings is 1. The maximum atomic E-state index is 12.9. The summed E-state index contributed by atoms with van der Waals surface area (Å²) in [6, 6.07) is 14.2. The topological polar surface area (TPSA) is 53.5 Å². The molecule has 1 amide bonds. The SMILES string of the molecule is O=C(CCC(=O)N1CC2CCCN2C1c1ccccc1)c1cccnc1. The summed E-state index contributed by atoms with van der Waals surface area (Å²) < 4.78 is 0. The number of fused-ring (bicyclic) bond motifs is 1. The van der Waals surface area contributed by atoms with E-state index in [1.54, 1.807) is 24.5 Å². The summed E-state index contributed by atoms with van der Waals surface area (Å²) in [5.74, 6) is 0.0351. The molecule has 0 aliphatic carbocycles. The molecule has 0 spiro atoms. The highest BCUT2D eigenvalue weighted by atomic mass is 16.2. The van der Waals surface area contributed by atoms with E-state index < -0.39 is 0 Å². The van der Waals surface area contributed by atoms with Gasteiger partial charge in [-0.25, -0.2) is 0 Å². The Morgan fingerprint density at radius 3 is 2.69 bits per heavy atom. The van der Waals surface area contributed by atoms with Crippen LogP contribution in [0.5, 0.6) is 0 Å². The van der Waals surface area contributed by atoms with Gasteiger partial charge in [-0.15, -0.1) is 0 Å². The van der Waals surface area contributed by atoms with E-state index in [4.69, 9.17) is 0 Å². The first-order valence-electron chi connectivity index (χ1n) is 9.27. The first-order valence-corrected chi connectivity index (χ1v) is 9.27. The van der Waals surface area contributed by atoms with Crippen molar-refractivity contribution in [3.8, 4) is 0 Å². The van der Waals surface area contributed by atoms with Crippen molar-refractivity contribution >= 4 is 11.7 Å². The molecule has 2 aliphatic rings. The van der Waals surface area contributed by atoms with E-state index in [2.05, 4.69) is 22.0 Å². The molecule has 0 bridgehead atoms. The maximum Gasteiger partial charge on any atom is 0.224 e. The van der Waals surface area contributed by atoms with Crippen molar-refractivity contribution in [2.24, 2.45) is 0 Å². The van der Waals surface area contributed by atoms with Crippen molar-refractivity contribution < 1.29 is 9.59 Å². The van der Waals surface area contributed by atoms with E-state index in [0.717, 1.165) is 25.1 Å². The molecule has 1 aromatic carbocycles. The molecule has 3 heterocycles. The standard InChI is InChI=1S/C21H23N3O2/c25-19(17-8-4-12-22-14-17)10-11-20(26)24-15-18-9-5-13-23(18)21(24)16-6-2-1-3-7-16/h1-4,6-8,12,14,18,21H,5,9-11,13,15H2. The molecule has 2 saturated heterocycles. The van der Waals surface area contributed by atoms with Crippen molar-refractivity contribution in [1.29, 1.82) is 0 Å². The number of hydrogen-bond donors (Lipinski definition) is 0. The Bertz CT molecular complexity index is 778. The van der Waals surface area contributed by atoms with Crippen LogP contribution >= 0.6 is 0 Å². The number of amides is 1. The molecule has 2 aromatic rings. The molecular weight excluding hydrogens is 326 g/mol. The minimum Gasteiger partial charge on any atom is -0.321 e. The lowest BCUT2D eigenvalue weighted by Gasteiger charge is -2.30. The van der Waals surface area contributed by atoms with Gasteiger partial charge in [-0.2, -0.15) is 0 Å². The lowest BCUT2D eigenvalue weighted by Crippen LogP contribution is -2.35. The van der Waals surface area contributed by atoms with Gasteiger partial charge in [0.05, 0.1) is 0 Å². The van der Waals surface area contributed by atoms with Gasteiger partial charge in [0.25, 0.3) is 0 Å². The number of Topliss-reactive ketones (excluding diaryl/α,β-unsaturated/α-hetero) is 1. The van der Waals surface area contributed by atoms with Crippen molar-refractivity contribution in [1.82, 2.24) is 14.8 Å². The fourth-order valence-corrected chi connectivity index (χ4v) is 4.15. The van der Waals surface area contributed by atoms with Crippen molar-refractivity contribution in [3.63, 3.8) is 0 Å². The molecule has 0 radical (unpaired) electrons. The van der Waals surface area contributed by atoms with Gasteiger partial charge in [-0.05, 0) is 30.5 Å². The number of rotatable bonds is 5. The second-order valence-electron chi connectivity index (χ2n) is 7.03. The molecule has 0 N–H and O–H groups in total. The van der Waals surface area contributed by atoms with Crippen LogP contribution in [0, 0.1) is 0 Å². The van der Waals surface area contributed by atoms with Gasteiger partial charge in [0.1, 0.15) is 6.17 Å². The summed E-state index contributed by atoms with van der Waals surface area (Å²) >= 11 is 0. The minimum absolute atomic E-state index is 0.00435. The molecule has 2 unspecified atom stereocenters. The Kier molecular flexibility index (Phi) is 4.80. The number of pyridine rings is 1. The van der Waals surface area contributed by atoms with Gasteiger partial charge < -0.3 is 4.90 Å². The van der Waals surface area contributed by atoms with Crippen LogP contribution in [0.1, 0.15) is 47.8 Å². The smallest absolute Gasteiger partial charge is 0.224 e. The van der Waals surface area contributed by atoms with Gasteiger partial charge >= 0.3 is 0 Å². The molecule has 2 fully saturated rings. The second-order valence-corrected chi connectivity index (χ2v) is 7.03. The van der Waals surface area contributed by atoms with Crippen LogP contribution in [0.25, 0.3) is 0 Å². The summed E-state index contributed by atoms with van der Waals surface area (Å²) in [5, 5.41) is 0. The molecular formula is C21H23N3O2. The number of carbonyl (C=O) groups is 2. The lowest BCUT2D eigenvalue weighted by molar-refractivity contribution is -0.133. The Morgan fingerprint density at radius 2 is 1.92 bits per heavy atom. The highest BCUT2D eigenvalue weighted by molar-refractivity contribution is 5.97. The molecule has 1 aromatic heterocycles. The third kappa shape index (κ3) is 3.27. The van der Waals surface area contributed by atoms with Crippen LogP contribution < -0.4 is 0 Å². The van der Waals surface area contributed by atoms with E-state index in [-0.39, 0.29) is 30.7 Å². The van der Waals surface area contributed by atoms with Crippen LogP contribution in [-0.2, 0) is 4.79 Å². The summed E-state index contributed by atoms with van der Waals surface area (Å²) in [5.41, 5.74) is 1.73. The highest BCUT2D eigenvalue weighted by Gasteiger charge is 2.44. The number of nitrogens with zero attached hydrogens (tertiary/aromatic N) is 3. The third-order valence-electron chi connectivity index (χ3n) is 5.41. The zero-order valence-electron chi connectivity index (χ0n) is 14.8. The van der Waals surface area contributed by atoms with Gasteiger partial charge in [0.15, 0.2) is 5.78 Å². The normalized spacial score (nSPS) is 22.4. The Hall–Kier alpha value is -2.53. The number of ketones is 1. The van der Waals surface area contributed by atoms with E-state index >= 15 is 0 Å². The Labute approximate surface area is 153 Å². The molecule has 5 nitrogen and oxygen atoms in total. The third-order valence-corrected chi connectivity index (χ3v) is 5.41. The first-order chi connectivity index (χ1) is 12.7. The molecule has 5 heteroatoms. The second kappa shape index (κ2) is 7.38. The van der Waals surface area contributed by atoms with Crippen molar-refractivity contribution in [2.45, 2.75) is 37.9 Å². The van der Waals surface area contributed by atoms with Crippen LogP contribution in [0.3, 0.4) is 0 Å². The zero-order chi connectivity index (χ0) is 17.9. The first kappa shape index (κ1) is 16.9. The highest BCUT2D eigenvalue weighted by Crippen LogP contribution is 2.39. The van der Waals surface area contributed by atoms with Crippen LogP contribution in [0.2, 0.25) is 0 Å².